The molecular formula is C17H22N4O. The molecule has 116 valence electrons. The molecule has 5 nitrogen and oxygen atoms in total. The van der Waals surface area contributed by atoms with E-state index in [9.17, 15) is 4.79 Å². The highest BCUT2D eigenvalue weighted by atomic mass is 16.2. The number of amides is 1. The van der Waals surface area contributed by atoms with Crippen molar-refractivity contribution in [3.05, 3.63) is 48.3 Å². The fraction of sp³-hybridized carbons (Fsp3) is 0.412. The number of carbonyl (C=O) groups is 1. The summed E-state index contributed by atoms with van der Waals surface area (Å²) in [5.74, 6) is 0.237. The van der Waals surface area contributed by atoms with Crippen molar-refractivity contribution in [3.63, 3.8) is 0 Å². The number of rotatable bonds is 4. The Morgan fingerprint density at radius 2 is 2.18 bits per heavy atom. The lowest BCUT2D eigenvalue weighted by Crippen LogP contribution is -2.52. The van der Waals surface area contributed by atoms with Crippen molar-refractivity contribution >= 4 is 5.91 Å². The van der Waals surface area contributed by atoms with Crippen LogP contribution in [0.15, 0.2) is 42.7 Å². The molecule has 1 fully saturated rings. The Bertz CT molecular complexity index is 623. The average molecular weight is 298 g/mol. The number of aromatic nitrogens is 2. The third-order valence-electron chi connectivity index (χ3n) is 4.11. The van der Waals surface area contributed by atoms with Crippen molar-refractivity contribution in [1.29, 1.82) is 0 Å². The van der Waals surface area contributed by atoms with E-state index in [1.165, 1.54) is 0 Å². The van der Waals surface area contributed by atoms with Crippen molar-refractivity contribution in [3.8, 4) is 5.69 Å². The molecule has 2 aromatic rings. The average Bonchev–Trinajstić information content (AvgIpc) is 3.03. The quantitative estimate of drug-likeness (QED) is 0.933. The predicted molar refractivity (Wildman–Crippen MR) is 85.9 cm³/mol. The van der Waals surface area contributed by atoms with Gasteiger partial charge in [-0.15, -0.1) is 0 Å². The van der Waals surface area contributed by atoms with Gasteiger partial charge in [-0.3, -0.25) is 4.79 Å². The maximum atomic E-state index is 12.3. The van der Waals surface area contributed by atoms with Crippen LogP contribution in [0, 0.1) is 0 Å². The van der Waals surface area contributed by atoms with E-state index < -0.39 is 0 Å². The van der Waals surface area contributed by atoms with Crippen LogP contribution in [0.2, 0.25) is 0 Å². The summed E-state index contributed by atoms with van der Waals surface area (Å²) in [7, 11) is 0. The molecule has 0 aliphatic carbocycles. The zero-order valence-electron chi connectivity index (χ0n) is 12.9. The van der Waals surface area contributed by atoms with Gasteiger partial charge in [0, 0.05) is 38.3 Å². The van der Waals surface area contributed by atoms with Gasteiger partial charge in [0.1, 0.15) is 0 Å². The van der Waals surface area contributed by atoms with E-state index in [4.69, 9.17) is 0 Å². The monoisotopic (exact) mass is 298 g/mol. The highest BCUT2D eigenvalue weighted by molar-refractivity contribution is 5.77. The minimum atomic E-state index is 0.237. The second kappa shape index (κ2) is 6.75. The second-order valence-corrected chi connectivity index (χ2v) is 5.77. The van der Waals surface area contributed by atoms with E-state index in [1.54, 1.807) is 0 Å². The van der Waals surface area contributed by atoms with Crippen molar-refractivity contribution < 1.29 is 4.79 Å². The summed E-state index contributed by atoms with van der Waals surface area (Å²) in [6, 6.07) is 10.3. The molecule has 1 aliphatic rings. The zero-order chi connectivity index (χ0) is 15.4. The molecule has 0 bridgehead atoms. The van der Waals surface area contributed by atoms with Gasteiger partial charge < -0.3 is 10.2 Å². The van der Waals surface area contributed by atoms with Gasteiger partial charge in [0.2, 0.25) is 5.91 Å². The van der Waals surface area contributed by atoms with Crippen molar-refractivity contribution in [1.82, 2.24) is 20.0 Å². The largest absolute Gasteiger partial charge is 0.337 e. The number of benzene rings is 1. The van der Waals surface area contributed by atoms with Crippen molar-refractivity contribution in [2.75, 3.05) is 19.6 Å². The molecule has 2 heterocycles. The molecule has 3 rings (SSSR count). The number of para-hydroxylation sites is 1. The Labute approximate surface area is 130 Å². The van der Waals surface area contributed by atoms with Gasteiger partial charge in [0.05, 0.1) is 11.9 Å². The van der Waals surface area contributed by atoms with Crippen LogP contribution in [0.1, 0.15) is 18.9 Å². The first-order valence-electron chi connectivity index (χ1n) is 7.83. The Balaban J connectivity index is 1.58. The molecule has 1 unspecified atom stereocenters. The minimum Gasteiger partial charge on any atom is -0.337 e. The zero-order valence-corrected chi connectivity index (χ0v) is 12.9. The highest BCUT2D eigenvalue weighted by Gasteiger charge is 2.22. The summed E-state index contributed by atoms with van der Waals surface area (Å²) in [6.07, 6.45) is 5.14. The Hall–Kier alpha value is -2.14. The van der Waals surface area contributed by atoms with Gasteiger partial charge in [0.15, 0.2) is 0 Å². The highest BCUT2D eigenvalue weighted by Crippen LogP contribution is 2.11. The molecule has 1 N–H and O–H groups in total. The molecule has 0 saturated carbocycles. The SMILES string of the molecule is CC1CNCCN1C(=O)CCc1cnn(-c2ccccc2)c1. The van der Waals surface area contributed by atoms with Crippen LogP contribution in [0.4, 0.5) is 0 Å². The fourth-order valence-corrected chi connectivity index (χ4v) is 2.82. The van der Waals surface area contributed by atoms with Crippen molar-refractivity contribution in [2.45, 2.75) is 25.8 Å². The molecule has 1 aromatic carbocycles. The maximum Gasteiger partial charge on any atom is 0.223 e. The van der Waals surface area contributed by atoms with E-state index in [2.05, 4.69) is 17.3 Å². The van der Waals surface area contributed by atoms with Crippen LogP contribution in [0.3, 0.4) is 0 Å². The summed E-state index contributed by atoms with van der Waals surface area (Å²) in [4.78, 5) is 14.3. The number of hydrogen-bond donors (Lipinski definition) is 1. The van der Waals surface area contributed by atoms with Gasteiger partial charge in [-0.05, 0) is 31.0 Å². The first-order valence-corrected chi connectivity index (χ1v) is 7.83. The van der Waals surface area contributed by atoms with Gasteiger partial charge >= 0.3 is 0 Å². The maximum absolute atomic E-state index is 12.3. The number of carbonyl (C=O) groups excluding carboxylic acids is 1. The summed E-state index contributed by atoms with van der Waals surface area (Å²) in [5, 5.41) is 7.68. The van der Waals surface area contributed by atoms with Gasteiger partial charge in [0.25, 0.3) is 0 Å². The van der Waals surface area contributed by atoms with Crippen LogP contribution in [-0.2, 0) is 11.2 Å². The molecule has 5 heteroatoms. The van der Waals surface area contributed by atoms with Crippen LogP contribution < -0.4 is 5.32 Å². The van der Waals surface area contributed by atoms with E-state index in [0.29, 0.717) is 6.42 Å². The predicted octanol–water partition coefficient (Wildman–Crippen LogP) is 1.63. The number of nitrogens with one attached hydrogen (secondary N) is 1. The van der Waals surface area contributed by atoms with Crippen LogP contribution in [-0.4, -0.2) is 46.3 Å². The van der Waals surface area contributed by atoms with Gasteiger partial charge in [-0.25, -0.2) is 4.68 Å². The first-order chi connectivity index (χ1) is 10.7. The van der Waals surface area contributed by atoms with E-state index in [-0.39, 0.29) is 11.9 Å². The van der Waals surface area contributed by atoms with Crippen molar-refractivity contribution in [2.24, 2.45) is 0 Å². The minimum absolute atomic E-state index is 0.237. The molecular weight excluding hydrogens is 276 g/mol. The molecule has 1 saturated heterocycles. The number of piperazine rings is 1. The molecule has 1 aromatic heterocycles. The van der Waals surface area contributed by atoms with Crippen LogP contribution in [0.25, 0.3) is 5.69 Å². The molecule has 1 atom stereocenters. The molecule has 1 aliphatic heterocycles. The smallest absolute Gasteiger partial charge is 0.223 e. The summed E-state index contributed by atoms with van der Waals surface area (Å²) in [6.45, 7) is 4.68. The normalized spacial score (nSPS) is 18.4. The van der Waals surface area contributed by atoms with E-state index >= 15 is 0 Å². The second-order valence-electron chi connectivity index (χ2n) is 5.77. The summed E-state index contributed by atoms with van der Waals surface area (Å²) >= 11 is 0. The third-order valence-corrected chi connectivity index (χ3v) is 4.11. The van der Waals surface area contributed by atoms with Gasteiger partial charge in [-0.1, -0.05) is 18.2 Å². The molecule has 0 radical (unpaired) electrons. The Morgan fingerprint density at radius 3 is 2.95 bits per heavy atom. The van der Waals surface area contributed by atoms with E-state index in [0.717, 1.165) is 37.3 Å². The lowest BCUT2D eigenvalue weighted by atomic mass is 10.1. The lowest BCUT2D eigenvalue weighted by Gasteiger charge is -2.34. The summed E-state index contributed by atoms with van der Waals surface area (Å²) in [5.41, 5.74) is 2.13. The fourth-order valence-electron chi connectivity index (χ4n) is 2.82. The van der Waals surface area contributed by atoms with Crippen LogP contribution >= 0.6 is 0 Å². The molecule has 22 heavy (non-hydrogen) atoms. The Morgan fingerprint density at radius 1 is 1.36 bits per heavy atom. The number of aryl methyl sites for hydroxylation is 1. The number of nitrogens with zero attached hydrogens (tertiary/aromatic N) is 3. The molecule has 1 amide bonds. The van der Waals surface area contributed by atoms with Crippen LogP contribution in [0.5, 0.6) is 0 Å². The third kappa shape index (κ3) is 3.36. The van der Waals surface area contributed by atoms with E-state index in [1.807, 2.05) is 52.3 Å². The molecule has 0 spiro atoms. The lowest BCUT2D eigenvalue weighted by molar-refractivity contribution is -0.133. The van der Waals surface area contributed by atoms with Gasteiger partial charge in [-0.2, -0.15) is 5.10 Å². The summed E-state index contributed by atoms with van der Waals surface area (Å²) < 4.78 is 1.85. The first kappa shape index (κ1) is 14.8. The topological polar surface area (TPSA) is 50.2 Å². The Kier molecular flexibility index (Phi) is 4.53. The standard InChI is InChI=1S/C17H22N4O/c1-14-11-18-9-10-20(14)17(22)8-7-15-12-19-21(13-15)16-5-3-2-4-6-16/h2-6,12-14,18H,7-11H2,1H3. The number of hydrogen-bond acceptors (Lipinski definition) is 3.